The molecular formula is C16H23ClN4O2S. The molecule has 1 saturated heterocycles. The average molecular weight is 371 g/mol. The first-order valence-corrected chi connectivity index (χ1v) is 9.64. The van der Waals surface area contributed by atoms with E-state index in [1.54, 1.807) is 23.9 Å². The zero-order valence-corrected chi connectivity index (χ0v) is 15.5. The number of primary amides is 1. The Bertz CT molecular complexity index is 620. The molecule has 2 amide bonds. The third-order valence-electron chi connectivity index (χ3n) is 4.30. The first-order valence-electron chi connectivity index (χ1n) is 7.87. The molecule has 2 heterocycles. The Hall–Kier alpha value is -1.31. The monoisotopic (exact) mass is 370 g/mol. The number of aromatic nitrogens is 1. The molecule has 132 valence electrons. The topological polar surface area (TPSA) is 88.3 Å². The van der Waals surface area contributed by atoms with Crippen molar-refractivity contribution in [2.75, 3.05) is 31.6 Å². The highest BCUT2D eigenvalue weighted by molar-refractivity contribution is 7.98. The van der Waals surface area contributed by atoms with Crippen LogP contribution in [0.25, 0.3) is 0 Å². The molecule has 0 saturated carbocycles. The number of urea groups is 1. The SMILES string of the molecule is CSCCCN(C(N)=O)[C@]1(C(=O)c2ccc(C)nc2Cl)CCNC1. The van der Waals surface area contributed by atoms with Gasteiger partial charge in [-0.25, -0.2) is 9.78 Å². The number of carbonyl (C=O) groups is 2. The maximum absolute atomic E-state index is 13.3. The summed E-state index contributed by atoms with van der Waals surface area (Å²) in [5, 5.41) is 3.35. The summed E-state index contributed by atoms with van der Waals surface area (Å²) in [5.74, 6) is 0.696. The standard InChI is InChI=1S/C16H23ClN4O2S/c1-11-4-5-12(14(17)20-11)13(22)16(6-7-19-10-16)21(15(18)23)8-3-9-24-2/h4-5,19H,3,6-10H2,1-2H3,(H2,18,23)/t16-/m1/s1. The van der Waals surface area contributed by atoms with E-state index in [0.29, 0.717) is 31.6 Å². The van der Waals surface area contributed by atoms with Gasteiger partial charge in [0, 0.05) is 18.8 Å². The van der Waals surface area contributed by atoms with E-state index in [1.807, 2.05) is 13.2 Å². The van der Waals surface area contributed by atoms with Gasteiger partial charge in [-0.15, -0.1) is 0 Å². The van der Waals surface area contributed by atoms with Crippen molar-refractivity contribution in [3.63, 3.8) is 0 Å². The number of rotatable bonds is 7. The van der Waals surface area contributed by atoms with Crippen molar-refractivity contribution < 1.29 is 9.59 Å². The van der Waals surface area contributed by atoms with Crippen LogP contribution in [0.5, 0.6) is 0 Å². The fourth-order valence-electron chi connectivity index (χ4n) is 3.07. The van der Waals surface area contributed by atoms with Crippen LogP contribution < -0.4 is 11.1 Å². The predicted octanol–water partition coefficient (Wildman–Crippen LogP) is 2.09. The Balaban J connectivity index is 2.37. The van der Waals surface area contributed by atoms with Gasteiger partial charge in [-0.3, -0.25) is 4.79 Å². The smallest absolute Gasteiger partial charge is 0.315 e. The van der Waals surface area contributed by atoms with Gasteiger partial charge in [0.1, 0.15) is 10.7 Å². The third-order valence-corrected chi connectivity index (χ3v) is 5.29. The highest BCUT2D eigenvalue weighted by Crippen LogP contribution is 2.30. The molecule has 1 fully saturated rings. The number of thioether (sulfide) groups is 1. The van der Waals surface area contributed by atoms with Crippen molar-refractivity contribution in [2.45, 2.75) is 25.3 Å². The molecule has 0 spiro atoms. The molecule has 0 unspecified atom stereocenters. The van der Waals surface area contributed by atoms with Crippen molar-refractivity contribution >= 4 is 35.2 Å². The Labute approximate surface area is 151 Å². The van der Waals surface area contributed by atoms with Crippen LogP contribution in [0.15, 0.2) is 12.1 Å². The van der Waals surface area contributed by atoms with Gasteiger partial charge in [-0.1, -0.05) is 11.6 Å². The summed E-state index contributed by atoms with van der Waals surface area (Å²) < 4.78 is 0. The van der Waals surface area contributed by atoms with E-state index in [0.717, 1.165) is 17.9 Å². The minimum absolute atomic E-state index is 0.166. The Kier molecular flexibility index (Phi) is 6.48. The van der Waals surface area contributed by atoms with Crippen LogP contribution in [0.3, 0.4) is 0 Å². The van der Waals surface area contributed by atoms with E-state index in [9.17, 15) is 9.59 Å². The van der Waals surface area contributed by atoms with Gasteiger partial charge in [-0.05, 0) is 50.5 Å². The van der Waals surface area contributed by atoms with Crippen LogP contribution >= 0.6 is 23.4 Å². The number of hydrogen-bond acceptors (Lipinski definition) is 5. The van der Waals surface area contributed by atoms with Crippen LogP contribution in [-0.2, 0) is 0 Å². The van der Waals surface area contributed by atoms with Crippen molar-refractivity contribution in [3.8, 4) is 0 Å². The fourth-order valence-corrected chi connectivity index (χ4v) is 3.77. The lowest BCUT2D eigenvalue weighted by molar-refractivity contribution is 0.0686. The van der Waals surface area contributed by atoms with E-state index >= 15 is 0 Å². The molecule has 1 aromatic rings. The fraction of sp³-hybridized carbons (Fsp3) is 0.562. The molecule has 8 heteroatoms. The molecule has 0 bridgehead atoms. The number of halogens is 1. The number of amides is 2. The molecule has 1 aliphatic heterocycles. The van der Waals surface area contributed by atoms with Crippen molar-refractivity contribution in [1.29, 1.82) is 0 Å². The molecule has 24 heavy (non-hydrogen) atoms. The van der Waals surface area contributed by atoms with Gasteiger partial charge in [0.05, 0.1) is 5.56 Å². The van der Waals surface area contributed by atoms with E-state index in [2.05, 4.69) is 10.3 Å². The molecule has 3 N–H and O–H groups in total. The largest absolute Gasteiger partial charge is 0.351 e. The number of nitrogens with two attached hydrogens (primary N) is 1. The number of aryl methyl sites for hydroxylation is 1. The summed E-state index contributed by atoms with van der Waals surface area (Å²) >= 11 is 7.88. The van der Waals surface area contributed by atoms with Crippen LogP contribution in [-0.4, -0.2) is 58.9 Å². The second-order valence-electron chi connectivity index (χ2n) is 5.91. The number of ketones is 1. The van der Waals surface area contributed by atoms with E-state index in [4.69, 9.17) is 17.3 Å². The normalized spacial score (nSPS) is 20.1. The van der Waals surface area contributed by atoms with Crippen LogP contribution in [0.4, 0.5) is 4.79 Å². The summed E-state index contributed by atoms with van der Waals surface area (Å²) in [6.45, 7) is 3.28. The number of nitrogens with zero attached hydrogens (tertiary/aromatic N) is 2. The number of Topliss-reactive ketones (excluding diaryl/α,β-unsaturated/α-hetero) is 1. The van der Waals surface area contributed by atoms with Crippen molar-refractivity contribution in [3.05, 3.63) is 28.5 Å². The van der Waals surface area contributed by atoms with Gasteiger partial charge in [0.2, 0.25) is 0 Å². The number of carbonyl (C=O) groups excluding carboxylic acids is 2. The zero-order valence-electron chi connectivity index (χ0n) is 14.0. The lowest BCUT2D eigenvalue weighted by Gasteiger charge is -2.38. The molecule has 6 nitrogen and oxygen atoms in total. The van der Waals surface area contributed by atoms with E-state index in [-0.39, 0.29) is 10.9 Å². The number of pyridine rings is 1. The minimum atomic E-state index is -0.995. The lowest BCUT2D eigenvalue weighted by Crippen LogP contribution is -2.60. The summed E-state index contributed by atoms with van der Waals surface area (Å²) in [6, 6.07) is 2.84. The molecule has 0 aliphatic carbocycles. The van der Waals surface area contributed by atoms with Gasteiger partial charge < -0.3 is 16.0 Å². The van der Waals surface area contributed by atoms with E-state index in [1.165, 1.54) is 4.90 Å². The molecular weight excluding hydrogens is 348 g/mol. The molecule has 1 atom stereocenters. The Morgan fingerprint density at radius 1 is 1.50 bits per heavy atom. The molecule has 0 radical (unpaired) electrons. The van der Waals surface area contributed by atoms with Crippen molar-refractivity contribution in [2.24, 2.45) is 5.73 Å². The summed E-state index contributed by atoms with van der Waals surface area (Å²) in [6.07, 6.45) is 3.29. The van der Waals surface area contributed by atoms with Gasteiger partial charge in [-0.2, -0.15) is 11.8 Å². The number of nitrogens with one attached hydrogen (secondary N) is 1. The zero-order chi connectivity index (χ0) is 17.7. The predicted molar refractivity (Wildman–Crippen MR) is 97.8 cm³/mol. The Morgan fingerprint density at radius 2 is 2.25 bits per heavy atom. The van der Waals surface area contributed by atoms with Gasteiger partial charge in [0.15, 0.2) is 5.78 Å². The van der Waals surface area contributed by atoms with Gasteiger partial charge in [0.25, 0.3) is 0 Å². The van der Waals surface area contributed by atoms with Crippen LogP contribution in [0.1, 0.15) is 28.9 Å². The minimum Gasteiger partial charge on any atom is -0.351 e. The summed E-state index contributed by atoms with van der Waals surface area (Å²) in [5.41, 5.74) is 5.69. The second kappa shape index (κ2) is 8.18. The second-order valence-corrected chi connectivity index (χ2v) is 7.26. The quantitative estimate of drug-likeness (QED) is 0.436. The third kappa shape index (κ3) is 3.84. The molecule has 1 aromatic heterocycles. The average Bonchev–Trinajstić information content (AvgIpc) is 3.01. The molecule has 0 aromatic carbocycles. The van der Waals surface area contributed by atoms with Crippen molar-refractivity contribution in [1.82, 2.24) is 15.2 Å². The Morgan fingerprint density at radius 3 is 2.79 bits per heavy atom. The maximum Gasteiger partial charge on any atom is 0.315 e. The molecule has 1 aliphatic rings. The van der Waals surface area contributed by atoms with Crippen LogP contribution in [0.2, 0.25) is 5.15 Å². The first kappa shape index (κ1) is 19.0. The van der Waals surface area contributed by atoms with Crippen LogP contribution in [0, 0.1) is 6.92 Å². The molecule has 2 rings (SSSR count). The summed E-state index contributed by atoms with van der Waals surface area (Å²) in [4.78, 5) is 31.0. The van der Waals surface area contributed by atoms with Gasteiger partial charge >= 0.3 is 6.03 Å². The first-order chi connectivity index (χ1) is 11.4. The number of hydrogen-bond donors (Lipinski definition) is 2. The lowest BCUT2D eigenvalue weighted by atomic mass is 9.86. The maximum atomic E-state index is 13.3. The highest BCUT2D eigenvalue weighted by atomic mass is 35.5. The highest BCUT2D eigenvalue weighted by Gasteiger charge is 2.48. The summed E-state index contributed by atoms with van der Waals surface area (Å²) in [7, 11) is 0. The van der Waals surface area contributed by atoms with E-state index < -0.39 is 11.6 Å².